The Morgan fingerprint density at radius 3 is 2.94 bits per heavy atom. The molecule has 0 aromatic carbocycles. The third-order valence-corrected chi connectivity index (χ3v) is 3.45. The van der Waals surface area contributed by atoms with E-state index in [1.807, 2.05) is 13.8 Å². The van der Waals surface area contributed by atoms with Crippen LogP contribution in [0.5, 0.6) is 0 Å². The highest BCUT2D eigenvalue weighted by Gasteiger charge is 2.13. The normalized spacial score (nSPS) is 10.3. The first-order valence-corrected chi connectivity index (χ1v) is 6.38. The fourth-order valence-corrected chi connectivity index (χ4v) is 2.46. The number of amides is 1. The molecule has 0 fully saturated rings. The topological polar surface area (TPSA) is 74.8 Å². The maximum absolute atomic E-state index is 11.9. The van der Waals surface area contributed by atoms with Crippen molar-refractivity contribution in [3.8, 4) is 0 Å². The molecule has 0 radical (unpaired) electrons. The summed E-state index contributed by atoms with van der Waals surface area (Å²) in [5.74, 6) is -0.437. The number of pyridine rings is 1. The molecule has 1 amide bonds. The van der Waals surface area contributed by atoms with Crippen molar-refractivity contribution in [3.63, 3.8) is 0 Å². The minimum Gasteiger partial charge on any atom is -0.367 e. The highest BCUT2D eigenvalue weighted by atomic mass is 32.1. The number of anilines is 1. The molecule has 0 saturated heterocycles. The van der Waals surface area contributed by atoms with E-state index in [9.17, 15) is 9.59 Å². The molecule has 94 valence electrons. The quantitative estimate of drug-likeness (QED) is 0.888. The SMILES string of the molecule is CCc1nc(NC(=O)c2c[nH]ccc2=O)sc1C. The molecule has 5 nitrogen and oxygen atoms in total. The van der Waals surface area contributed by atoms with E-state index in [4.69, 9.17) is 0 Å². The number of aromatic amines is 1. The summed E-state index contributed by atoms with van der Waals surface area (Å²) in [5.41, 5.74) is 0.746. The van der Waals surface area contributed by atoms with E-state index in [1.165, 1.54) is 29.8 Å². The molecule has 0 aliphatic heterocycles. The molecule has 18 heavy (non-hydrogen) atoms. The van der Waals surface area contributed by atoms with Crippen LogP contribution in [0.25, 0.3) is 0 Å². The summed E-state index contributed by atoms with van der Waals surface area (Å²) in [5, 5.41) is 3.17. The number of aromatic nitrogens is 2. The lowest BCUT2D eigenvalue weighted by Crippen LogP contribution is -2.20. The minimum absolute atomic E-state index is 0.0865. The highest BCUT2D eigenvalue weighted by molar-refractivity contribution is 7.15. The number of carbonyl (C=O) groups excluding carboxylic acids is 1. The van der Waals surface area contributed by atoms with Crippen LogP contribution >= 0.6 is 11.3 Å². The van der Waals surface area contributed by atoms with Crippen LogP contribution in [-0.2, 0) is 6.42 Å². The minimum atomic E-state index is -0.437. The molecule has 0 spiro atoms. The van der Waals surface area contributed by atoms with Gasteiger partial charge in [0.1, 0.15) is 5.56 Å². The van der Waals surface area contributed by atoms with Crippen LogP contribution < -0.4 is 10.7 Å². The monoisotopic (exact) mass is 263 g/mol. The number of aryl methyl sites for hydroxylation is 2. The second-order valence-electron chi connectivity index (χ2n) is 3.75. The molecular weight excluding hydrogens is 250 g/mol. The van der Waals surface area contributed by atoms with Crippen molar-refractivity contribution < 1.29 is 4.79 Å². The Morgan fingerprint density at radius 2 is 2.33 bits per heavy atom. The fraction of sp³-hybridized carbons (Fsp3) is 0.250. The van der Waals surface area contributed by atoms with Gasteiger partial charge in [-0.1, -0.05) is 6.92 Å². The Labute approximate surface area is 108 Å². The Kier molecular flexibility index (Phi) is 3.57. The van der Waals surface area contributed by atoms with E-state index in [0.29, 0.717) is 5.13 Å². The van der Waals surface area contributed by atoms with Crippen molar-refractivity contribution in [1.82, 2.24) is 9.97 Å². The summed E-state index contributed by atoms with van der Waals surface area (Å²) < 4.78 is 0. The molecule has 0 aliphatic carbocycles. The molecule has 2 heterocycles. The standard InChI is InChI=1S/C12H13N3O2S/c1-3-9-7(2)18-12(14-9)15-11(17)8-6-13-5-4-10(8)16/h4-6H,3H2,1-2H3,(H,13,16)(H,14,15,17). The molecule has 2 N–H and O–H groups in total. The molecular formula is C12H13N3O2S. The van der Waals surface area contributed by atoms with Gasteiger partial charge in [-0.15, -0.1) is 11.3 Å². The zero-order chi connectivity index (χ0) is 13.1. The van der Waals surface area contributed by atoms with Crippen LogP contribution in [0, 0.1) is 6.92 Å². The maximum Gasteiger partial charge on any atom is 0.262 e. The average Bonchev–Trinajstić information content (AvgIpc) is 2.69. The van der Waals surface area contributed by atoms with Crippen LogP contribution in [0.1, 0.15) is 27.9 Å². The zero-order valence-corrected chi connectivity index (χ0v) is 10.9. The Bertz CT molecular complexity index is 630. The van der Waals surface area contributed by atoms with Crippen LogP contribution in [-0.4, -0.2) is 15.9 Å². The number of nitrogens with one attached hydrogen (secondary N) is 2. The van der Waals surface area contributed by atoms with Crippen LogP contribution in [0.4, 0.5) is 5.13 Å². The van der Waals surface area contributed by atoms with E-state index in [2.05, 4.69) is 15.3 Å². The smallest absolute Gasteiger partial charge is 0.262 e. The fourth-order valence-electron chi connectivity index (χ4n) is 1.57. The zero-order valence-electron chi connectivity index (χ0n) is 10.1. The summed E-state index contributed by atoms with van der Waals surface area (Å²) in [7, 11) is 0. The lowest BCUT2D eigenvalue weighted by molar-refractivity contribution is 0.102. The molecule has 0 bridgehead atoms. The van der Waals surface area contributed by atoms with E-state index in [-0.39, 0.29) is 11.0 Å². The number of nitrogens with zero attached hydrogens (tertiary/aromatic N) is 1. The number of hydrogen-bond acceptors (Lipinski definition) is 4. The van der Waals surface area contributed by atoms with Crippen molar-refractivity contribution in [2.24, 2.45) is 0 Å². The van der Waals surface area contributed by atoms with Gasteiger partial charge < -0.3 is 4.98 Å². The lowest BCUT2D eigenvalue weighted by Gasteiger charge is -1.99. The van der Waals surface area contributed by atoms with Gasteiger partial charge >= 0.3 is 0 Å². The van der Waals surface area contributed by atoms with Gasteiger partial charge in [0.05, 0.1) is 5.69 Å². The second-order valence-corrected chi connectivity index (χ2v) is 4.96. The lowest BCUT2D eigenvalue weighted by atomic mass is 10.2. The Morgan fingerprint density at radius 1 is 1.56 bits per heavy atom. The average molecular weight is 263 g/mol. The summed E-state index contributed by atoms with van der Waals surface area (Å²) >= 11 is 1.41. The first-order valence-electron chi connectivity index (χ1n) is 5.56. The summed E-state index contributed by atoms with van der Waals surface area (Å²) in [6, 6.07) is 1.32. The Hall–Kier alpha value is -1.95. The molecule has 0 saturated carbocycles. The maximum atomic E-state index is 11.9. The largest absolute Gasteiger partial charge is 0.367 e. The van der Waals surface area contributed by atoms with Crippen molar-refractivity contribution in [1.29, 1.82) is 0 Å². The molecule has 2 aromatic heterocycles. The number of rotatable bonds is 3. The molecule has 6 heteroatoms. The van der Waals surface area contributed by atoms with E-state index in [1.54, 1.807) is 0 Å². The molecule has 2 rings (SSSR count). The van der Waals surface area contributed by atoms with Crippen molar-refractivity contribution in [2.45, 2.75) is 20.3 Å². The van der Waals surface area contributed by atoms with E-state index < -0.39 is 5.91 Å². The third kappa shape index (κ3) is 2.48. The van der Waals surface area contributed by atoms with Gasteiger partial charge in [0.15, 0.2) is 10.6 Å². The van der Waals surface area contributed by atoms with Gasteiger partial charge in [0, 0.05) is 23.3 Å². The van der Waals surface area contributed by atoms with Gasteiger partial charge in [-0.05, 0) is 13.3 Å². The summed E-state index contributed by atoms with van der Waals surface area (Å²) in [6.07, 6.45) is 3.70. The van der Waals surface area contributed by atoms with Gasteiger partial charge in [-0.2, -0.15) is 0 Å². The van der Waals surface area contributed by atoms with Crippen molar-refractivity contribution >= 4 is 22.4 Å². The number of H-pyrrole nitrogens is 1. The first kappa shape index (κ1) is 12.5. The van der Waals surface area contributed by atoms with E-state index in [0.717, 1.165) is 17.0 Å². The van der Waals surface area contributed by atoms with Gasteiger partial charge in [0.2, 0.25) is 0 Å². The second kappa shape index (κ2) is 5.14. The predicted octanol–water partition coefficient (Wildman–Crippen LogP) is 1.95. The molecule has 0 aliphatic rings. The van der Waals surface area contributed by atoms with Gasteiger partial charge in [-0.25, -0.2) is 4.98 Å². The highest BCUT2D eigenvalue weighted by Crippen LogP contribution is 2.22. The number of carbonyl (C=O) groups is 1. The summed E-state index contributed by atoms with van der Waals surface area (Å²) in [6.45, 7) is 3.97. The number of thiazole rings is 1. The van der Waals surface area contributed by atoms with Gasteiger partial charge in [0.25, 0.3) is 5.91 Å². The predicted molar refractivity (Wildman–Crippen MR) is 71.2 cm³/mol. The first-order chi connectivity index (χ1) is 8.61. The molecule has 0 atom stereocenters. The van der Waals surface area contributed by atoms with Crippen LogP contribution in [0.3, 0.4) is 0 Å². The van der Waals surface area contributed by atoms with Crippen molar-refractivity contribution in [3.05, 3.63) is 44.8 Å². The Balaban J connectivity index is 2.21. The van der Waals surface area contributed by atoms with Crippen LogP contribution in [0.15, 0.2) is 23.3 Å². The molecule has 2 aromatic rings. The number of hydrogen-bond donors (Lipinski definition) is 2. The van der Waals surface area contributed by atoms with Gasteiger partial charge in [-0.3, -0.25) is 14.9 Å². The molecule has 0 unspecified atom stereocenters. The third-order valence-electron chi connectivity index (χ3n) is 2.52. The van der Waals surface area contributed by atoms with Crippen molar-refractivity contribution in [2.75, 3.05) is 5.32 Å². The summed E-state index contributed by atoms with van der Waals surface area (Å²) in [4.78, 5) is 31.5. The van der Waals surface area contributed by atoms with Crippen LogP contribution in [0.2, 0.25) is 0 Å². The van der Waals surface area contributed by atoms with E-state index >= 15 is 0 Å².